The molecule has 1 amide bonds. The van der Waals surface area contributed by atoms with Gasteiger partial charge in [-0.25, -0.2) is 0 Å². The molecular formula is C10H25NO2. The van der Waals surface area contributed by atoms with Crippen LogP contribution in [0.25, 0.3) is 0 Å². The number of carbonyl (C=O) groups excluding carboxylic acids is 1. The van der Waals surface area contributed by atoms with Gasteiger partial charge in [0.05, 0.1) is 0 Å². The Morgan fingerprint density at radius 1 is 1.46 bits per heavy atom. The van der Waals surface area contributed by atoms with E-state index in [1.165, 1.54) is 0 Å². The lowest BCUT2D eigenvalue weighted by molar-refractivity contribution is -0.121. The van der Waals surface area contributed by atoms with Gasteiger partial charge in [-0.3, -0.25) is 4.79 Å². The first-order chi connectivity index (χ1) is 6.31. The Balaban J connectivity index is -0.000000376. The number of hydrogen-bond acceptors (Lipinski definition) is 2. The van der Waals surface area contributed by atoms with Gasteiger partial charge in [0.25, 0.3) is 0 Å². The van der Waals surface area contributed by atoms with Gasteiger partial charge in [-0.05, 0) is 12.8 Å². The maximum Gasteiger partial charge on any atom is 0.219 e. The molecule has 82 valence electrons. The Morgan fingerprint density at radius 2 is 2.08 bits per heavy atom. The highest BCUT2D eigenvalue weighted by Crippen LogP contribution is 1.85. The molecule has 0 rings (SSSR count). The zero-order valence-electron chi connectivity index (χ0n) is 9.35. The lowest BCUT2D eigenvalue weighted by atomic mass is 10.3. The molecule has 0 aromatic rings. The van der Waals surface area contributed by atoms with Gasteiger partial charge in [0.2, 0.25) is 5.91 Å². The van der Waals surface area contributed by atoms with Crippen LogP contribution < -0.4 is 5.32 Å². The van der Waals surface area contributed by atoms with Crippen molar-refractivity contribution < 1.29 is 11.0 Å². The van der Waals surface area contributed by atoms with Crippen molar-refractivity contribution >= 4 is 5.91 Å². The summed E-state index contributed by atoms with van der Waals surface area (Å²) in [5.41, 5.74) is 0. The van der Waals surface area contributed by atoms with E-state index in [-0.39, 0.29) is 7.33 Å². The first-order valence-corrected chi connectivity index (χ1v) is 5.07. The van der Waals surface area contributed by atoms with Gasteiger partial charge in [-0.1, -0.05) is 20.8 Å². The summed E-state index contributed by atoms with van der Waals surface area (Å²) in [6.45, 7) is 7.44. The van der Waals surface area contributed by atoms with Gasteiger partial charge in [0.1, 0.15) is 0 Å². The molecule has 0 fully saturated rings. The lowest BCUT2D eigenvalue weighted by Crippen LogP contribution is -2.24. The highest BCUT2D eigenvalue weighted by Gasteiger charge is 1.96. The second kappa shape index (κ2) is 14.0. The summed E-state index contributed by atoms with van der Waals surface area (Å²) < 4.78 is 4.83. The molecule has 0 aromatic carbocycles. The van der Waals surface area contributed by atoms with Gasteiger partial charge in [-0.2, -0.15) is 0 Å². The van der Waals surface area contributed by atoms with Crippen LogP contribution in [0.3, 0.4) is 0 Å². The third kappa shape index (κ3) is 14.3. The van der Waals surface area contributed by atoms with E-state index in [0.717, 1.165) is 19.4 Å². The predicted octanol–water partition coefficient (Wildman–Crippen LogP) is 2.21. The van der Waals surface area contributed by atoms with Crippen LogP contribution in [0, 0.1) is 0 Å². The van der Waals surface area contributed by atoms with Crippen molar-refractivity contribution in [2.45, 2.75) is 40.0 Å². The number of carbonyl (C=O) groups is 1. The molecule has 0 aliphatic rings. The Hall–Kier alpha value is -0.570. The number of amides is 1. The van der Waals surface area contributed by atoms with E-state index >= 15 is 0 Å². The van der Waals surface area contributed by atoms with E-state index in [1.807, 2.05) is 20.8 Å². The normalized spacial score (nSPS) is 8.62. The first kappa shape index (κ1) is 14.9. The zero-order chi connectivity index (χ0) is 10.5. The summed E-state index contributed by atoms with van der Waals surface area (Å²) in [6.07, 6.45) is 2.44. The Labute approximate surface area is 83.3 Å². The molecule has 3 nitrogen and oxygen atoms in total. The minimum atomic E-state index is 0. The maximum absolute atomic E-state index is 10.9. The van der Waals surface area contributed by atoms with Crippen LogP contribution >= 0.6 is 0 Å². The third-order valence-electron chi connectivity index (χ3n) is 1.32. The largest absolute Gasteiger partial charge is 0.385 e. The van der Waals surface area contributed by atoms with Gasteiger partial charge >= 0.3 is 0 Å². The second-order valence-electron chi connectivity index (χ2n) is 2.45. The molecular weight excluding hydrogens is 166 g/mol. The Kier molecular flexibility index (Phi) is 16.1. The van der Waals surface area contributed by atoms with Gasteiger partial charge < -0.3 is 10.1 Å². The van der Waals surface area contributed by atoms with E-state index in [9.17, 15) is 4.79 Å². The smallest absolute Gasteiger partial charge is 0.219 e. The molecule has 0 aliphatic carbocycles. The van der Waals surface area contributed by atoms with E-state index in [0.29, 0.717) is 13.0 Å². The Morgan fingerprint density at radius 3 is 2.54 bits per heavy atom. The van der Waals surface area contributed by atoms with Crippen molar-refractivity contribution in [1.82, 2.24) is 5.32 Å². The van der Waals surface area contributed by atoms with Gasteiger partial charge in [0, 0.05) is 28.1 Å². The highest BCUT2D eigenvalue weighted by atomic mass is 16.5. The van der Waals surface area contributed by atoms with E-state index in [4.69, 9.17) is 4.74 Å². The second-order valence-corrected chi connectivity index (χ2v) is 2.45. The van der Waals surface area contributed by atoms with Crippen LogP contribution in [0.4, 0.5) is 0 Å². The molecule has 0 unspecified atom stereocenters. The third-order valence-corrected chi connectivity index (χ3v) is 1.32. The van der Waals surface area contributed by atoms with Gasteiger partial charge in [0.15, 0.2) is 0 Å². The quantitative estimate of drug-likeness (QED) is 0.654. The summed E-state index contributed by atoms with van der Waals surface area (Å²) in [4.78, 5) is 10.9. The van der Waals surface area contributed by atoms with E-state index < -0.39 is 0 Å². The fourth-order valence-corrected chi connectivity index (χ4v) is 0.760. The molecule has 3 heteroatoms. The van der Waals surface area contributed by atoms with Crippen LogP contribution in [0.15, 0.2) is 0 Å². The number of hydrogen-bond donors (Lipinski definition) is 1. The van der Waals surface area contributed by atoms with E-state index in [2.05, 4.69) is 5.32 Å². The molecule has 1 N–H and O–H groups in total. The predicted molar refractivity (Wildman–Crippen MR) is 57.9 cm³/mol. The molecule has 0 radical (unpaired) electrons. The first-order valence-electron chi connectivity index (χ1n) is 5.07. The fourth-order valence-electron chi connectivity index (χ4n) is 0.760. The molecule has 13 heavy (non-hydrogen) atoms. The number of nitrogens with one attached hydrogen (secondary N) is 1. The summed E-state index contributed by atoms with van der Waals surface area (Å²) in [5.74, 6) is 0.142. The Bertz CT molecular complexity index is 110. The number of methoxy groups -OCH3 is 1. The maximum atomic E-state index is 10.9. The van der Waals surface area contributed by atoms with Crippen molar-refractivity contribution in [2.24, 2.45) is 0 Å². The van der Waals surface area contributed by atoms with Crippen molar-refractivity contribution in [3.05, 3.63) is 0 Å². The minimum Gasteiger partial charge on any atom is -0.385 e. The molecule has 0 spiro atoms. The molecule has 0 heterocycles. The van der Waals surface area contributed by atoms with Gasteiger partial charge in [-0.15, -0.1) is 0 Å². The highest BCUT2D eigenvalue weighted by molar-refractivity contribution is 5.75. The molecule has 0 saturated carbocycles. The van der Waals surface area contributed by atoms with Crippen molar-refractivity contribution in [2.75, 3.05) is 20.3 Å². The fraction of sp³-hybridized carbons (Fsp3) is 0.900. The van der Waals surface area contributed by atoms with Crippen molar-refractivity contribution in [3.63, 3.8) is 0 Å². The summed E-state index contributed by atoms with van der Waals surface area (Å²) in [7, 11) is 1.66. The van der Waals surface area contributed by atoms with Crippen molar-refractivity contribution in [3.8, 4) is 0 Å². The average Bonchev–Trinajstić information content (AvgIpc) is 2.16. The van der Waals surface area contributed by atoms with E-state index in [1.54, 1.807) is 7.11 Å². The minimum absolute atomic E-state index is 0. The van der Waals surface area contributed by atoms with Crippen LogP contribution in [0.5, 0.6) is 0 Å². The average molecular weight is 191 g/mol. The topological polar surface area (TPSA) is 38.3 Å². The molecule has 0 aliphatic heterocycles. The monoisotopic (exact) mass is 191 g/mol. The lowest BCUT2D eigenvalue weighted by Gasteiger charge is -2.02. The molecule has 0 saturated heterocycles. The van der Waals surface area contributed by atoms with Crippen LogP contribution in [-0.4, -0.2) is 26.2 Å². The molecule has 0 bridgehead atoms. The van der Waals surface area contributed by atoms with Crippen LogP contribution in [0.1, 0.15) is 41.5 Å². The summed E-state index contributed by atoms with van der Waals surface area (Å²) >= 11 is 0. The van der Waals surface area contributed by atoms with Crippen LogP contribution in [0.2, 0.25) is 0 Å². The SMILES string of the molecule is CC.CCCC(=O)NCCCOC.[HH]. The van der Waals surface area contributed by atoms with Crippen LogP contribution in [-0.2, 0) is 9.53 Å². The van der Waals surface area contributed by atoms with Crippen molar-refractivity contribution in [1.29, 1.82) is 0 Å². The number of rotatable bonds is 6. The number of ether oxygens (including phenoxy) is 1. The summed E-state index contributed by atoms with van der Waals surface area (Å²) in [5, 5.41) is 2.80. The molecule has 0 atom stereocenters. The molecule has 0 aromatic heterocycles. The standard InChI is InChI=1S/C8H17NO2.C2H6.H2/c1-3-5-8(10)9-6-4-7-11-2;1-2;/h3-7H2,1-2H3,(H,9,10);1-2H3;1H. The summed E-state index contributed by atoms with van der Waals surface area (Å²) in [6, 6.07) is 0. The zero-order valence-corrected chi connectivity index (χ0v) is 9.35.